The lowest BCUT2D eigenvalue weighted by molar-refractivity contribution is -0.120. The number of Topliss-reactive ketones (excluding diaryl/α,β-unsaturated/α-hetero) is 1. The van der Waals surface area contributed by atoms with Gasteiger partial charge in [-0.15, -0.1) is 5.10 Å². The molecule has 0 spiro atoms. The molecule has 1 amide bonds. The molecule has 1 fully saturated rings. The Bertz CT molecular complexity index is 432. The van der Waals surface area contributed by atoms with Crippen molar-refractivity contribution in [3.63, 3.8) is 0 Å². The fourth-order valence-corrected chi connectivity index (χ4v) is 2.61. The first-order valence-corrected chi connectivity index (χ1v) is 6.50. The summed E-state index contributed by atoms with van der Waals surface area (Å²) in [5.41, 5.74) is 0.761. The molecule has 5 nitrogen and oxygen atoms in total. The van der Waals surface area contributed by atoms with Gasteiger partial charge in [-0.1, -0.05) is 18.3 Å². The molecule has 0 aromatic carbocycles. The number of piperidine rings is 1. The predicted molar refractivity (Wildman–Crippen MR) is 64.1 cm³/mol. The average Bonchev–Trinajstić information content (AvgIpc) is 2.78. The van der Waals surface area contributed by atoms with E-state index in [1.54, 1.807) is 4.90 Å². The summed E-state index contributed by atoms with van der Waals surface area (Å²) in [5.74, 6) is 0.399. The van der Waals surface area contributed by atoms with Crippen LogP contribution in [0.5, 0.6) is 0 Å². The zero-order valence-electron chi connectivity index (χ0n) is 9.97. The Balaban J connectivity index is 2.14. The van der Waals surface area contributed by atoms with Crippen molar-refractivity contribution in [3.8, 4) is 0 Å². The van der Waals surface area contributed by atoms with Crippen molar-refractivity contribution in [2.24, 2.45) is 0 Å². The van der Waals surface area contributed by atoms with Gasteiger partial charge in [-0.05, 0) is 17.5 Å². The van der Waals surface area contributed by atoms with Crippen LogP contribution in [0, 0.1) is 0 Å². The van der Waals surface area contributed by atoms with E-state index in [9.17, 15) is 9.59 Å². The Morgan fingerprint density at radius 2 is 2.00 bits per heavy atom. The molecule has 0 bridgehead atoms. The molecule has 1 aromatic heterocycles. The van der Waals surface area contributed by atoms with Gasteiger partial charge in [0.25, 0.3) is 5.91 Å². The van der Waals surface area contributed by atoms with Crippen LogP contribution in [0.15, 0.2) is 0 Å². The van der Waals surface area contributed by atoms with E-state index in [1.807, 2.05) is 13.8 Å². The smallest absolute Gasteiger partial charge is 0.267 e. The maximum atomic E-state index is 12.2. The molecule has 2 heterocycles. The highest BCUT2D eigenvalue weighted by atomic mass is 32.1. The lowest BCUT2D eigenvalue weighted by atomic mass is 10.1. The van der Waals surface area contributed by atoms with E-state index >= 15 is 0 Å². The van der Waals surface area contributed by atoms with Crippen LogP contribution in [0.25, 0.3) is 0 Å². The second-order valence-electron chi connectivity index (χ2n) is 4.47. The summed E-state index contributed by atoms with van der Waals surface area (Å²) < 4.78 is 3.85. The van der Waals surface area contributed by atoms with Crippen LogP contribution in [0.1, 0.15) is 48.0 Å². The highest BCUT2D eigenvalue weighted by Crippen LogP contribution is 2.22. The third-order valence-electron chi connectivity index (χ3n) is 2.86. The standard InChI is InChI=1S/C11H15N3O2S/c1-7(2)9-10(17-13-12-9)11(16)14-5-3-8(15)4-6-14/h7H,3-6H2,1-2H3. The van der Waals surface area contributed by atoms with Crippen LogP contribution in [-0.4, -0.2) is 39.3 Å². The van der Waals surface area contributed by atoms with Crippen molar-refractivity contribution >= 4 is 23.2 Å². The van der Waals surface area contributed by atoms with E-state index in [1.165, 1.54) is 0 Å². The molecule has 6 heteroatoms. The van der Waals surface area contributed by atoms with E-state index in [4.69, 9.17) is 0 Å². The number of amides is 1. The van der Waals surface area contributed by atoms with Gasteiger partial charge in [0.05, 0.1) is 5.69 Å². The molecular formula is C11H15N3O2S. The van der Waals surface area contributed by atoms with Gasteiger partial charge in [-0.3, -0.25) is 9.59 Å². The summed E-state index contributed by atoms with van der Waals surface area (Å²) >= 11 is 1.14. The third kappa shape index (κ3) is 2.52. The van der Waals surface area contributed by atoms with Gasteiger partial charge in [0.2, 0.25) is 0 Å². The lowest BCUT2D eigenvalue weighted by Gasteiger charge is -2.25. The van der Waals surface area contributed by atoms with Gasteiger partial charge < -0.3 is 4.90 Å². The first-order chi connectivity index (χ1) is 8.09. The number of nitrogens with zero attached hydrogens (tertiary/aromatic N) is 3. The SMILES string of the molecule is CC(C)c1nnsc1C(=O)N1CCC(=O)CC1. The Morgan fingerprint density at radius 3 is 2.59 bits per heavy atom. The normalized spacial score (nSPS) is 16.6. The molecule has 1 aliphatic heterocycles. The molecule has 1 saturated heterocycles. The van der Waals surface area contributed by atoms with Gasteiger partial charge >= 0.3 is 0 Å². The summed E-state index contributed by atoms with van der Waals surface area (Å²) in [6.45, 7) is 5.03. The molecule has 0 unspecified atom stereocenters. The van der Waals surface area contributed by atoms with Crippen LogP contribution in [0.4, 0.5) is 0 Å². The first-order valence-electron chi connectivity index (χ1n) is 5.73. The maximum absolute atomic E-state index is 12.2. The van der Waals surface area contributed by atoms with Gasteiger partial charge in [-0.2, -0.15) is 0 Å². The van der Waals surface area contributed by atoms with Crippen LogP contribution in [0.3, 0.4) is 0 Å². The molecule has 0 radical (unpaired) electrons. The Kier molecular flexibility index (Phi) is 3.51. The monoisotopic (exact) mass is 253 g/mol. The van der Waals surface area contributed by atoms with Gasteiger partial charge in [0.15, 0.2) is 0 Å². The molecule has 0 atom stereocenters. The molecule has 1 aromatic rings. The number of ketones is 1. The summed E-state index contributed by atoms with van der Waals surface area (Å²) in [7, 11) is 0. The number of rotatable bonds is 2. The van der Waals surface area contributed by atoms with Crippen molar-refractivity contribution in [3.05, 3.63) is 10.6 Å². The molecule has 0 N–H and O–H groups in total. The van der Waals surface area contributed by atoms with Crippen molar-refractivity contribution < 1.29 is 9.59 Å². The van der Waals surface area contributed by atoms with Gasteiger partial charge in [-0.25, -0.2) is 0 Å². The van der Waals surface area contributed by atoms with Crippen LogP contribution < -0.4 is 0 Å². The topological polar surface area (TPSA) is 63.2 Å². The van der Waals surface area contributed by atoms with Crippen molar-refractivity contribution in [2.45, 2.75) is 32.6 Å². The number of likely N-dealkylation sites (tertiary alicyclic amines) is 1. The van der Waals surface area contributed by atoms with E-state index in [0.717, 1.165) is 17.2 Å². The molecule has 2 rings (SSSR count). The van der Waals surface area contributed by atoms with E-state index < -0.39 is 0 Å². The fourth-order valence-electron chi connectivity index (χ4n) is 1.83. The van der Waals surface area contributed by atoms with E-state index in [2.05, 4.69) is 9.59 Å². The second-order valence-corrected chi connectivity index (χ2v) is 5.23. The van der Waals surface area contributed by atoms with Crippen molar-refractivity contribution in [1.82, 2.24) is 14.5 Å². The summed E-state index contributed by atoms with van der Waals surface area (Å²) in [4.78, 5) is 25.7. The fraction of sp³-hybridized carbons (Fsp3) is 0.636. The molecule has 17 heavy (non-hydrogen) atoms. The maximum Gasteiger partial charge on any atom is 0.267 e. The molecule has 92 valence electrons. The zero-order chi connectivity index (χ0) is 12.4. The largest absolute Gasteiger partial charge is 0.337 e. The molecular weight excluding hydrogens is 238 g/mol. The minimum atomic E-state index is -0.0313. The highest BCUT2D eigenvalue weighted by Gasteiger charge is 2.26. The number of aromatic nitrogens is 2. The van der Waals surface area contributed by atoms with E-state index in [0.29, 0.717) is 30.8 Å². The predicted octanol–water partition coefficient (Wildman–Crippen LogP) is 1.47. The first kappa shape index (κ1) is 12.2. The second kappa shape index (κ2) is 4.91. The molecule has 0 saturated carbocycles. The number of hydrogen-bond donors (Lipinski definition) is 0. The lowest BCUT2D eigenvalue weighted by Crippen LogP contribution is -2.38. The van der Waals surface area contributed by atoms with Crippen LogP contribution in [-0.2, 0) is 4.79 Å². The average molecular weight is 253 g/mol. The van der Waals surface area contributed by atoms with Crippen LogP contribution >= 0.6 is 11.5 Å². The number of carbonyl (C=O) groups is 2. The van der Waals surface area contributed by atoms with E-state index in [-0.39, 0.29) is 17.6 Å². The minimum absolute atomic E-state index is 0.0313. The van der Waals surface area contributed by atoms with Crippen molar-refractivity contribution in [2.75, 3.05) is 13.1 Å². The quantitative estimate of drug-likeness (QED) is 0.800. The Labute approximate surface area is 104 Å². The highest BCUT2D eigenvalue weighted by molar-refractivity contribution is 7.08. The Morgan fingerprint density at radius 1 is 1.35 bits per heavy atom. The van der Waals surface area contributed by atoms with Crippen molar-refractivity contribution in [1.29, 1.82) is 0 Å². The molecule has 1 aliphatic rings. The number of carbonyl (C=O) groups excluding carboxylic acids is 2. The Hall–Kier alpha value is -1.30. The molecule has 0 aliphatic carbocycles. The number of hydrogen-bond acceptors (Lipinski definition) is 5. The zero-order valence-corrected chi connectivity index (χ0v) is 10.8. The summed E-state index contributed by atoms with van der Waals surface area (Å²) in [5, 5.41) is 4.00. The summed E-state index contributed by atoms with van der Waals surface area (Å²) in [6.07, 6.45) is 0.934. The summed E-state index contributed by atoms with van der Waals surface area (Å²) in [6, 6.07) is 0. The minimum Gasteiger partial charge on any atom is -0.337 e. The van der Waals surface area contributed by atoms with Crippen LogP contribution in [0.2, 0.25) is 0 Å². The van der Waals surface area contributed by atoms with Gasteiger partial charge in [0, 0.05) is 25.9 Å². The third-order valence-corrected chi connectivity index (χ3v) is 3.59. The van der Waals surface area contributed by atoms with Gasteiger partial charge in [0.1, 0.15) is 10.7 Å².